The molecule has 0 atom stereocenters. The molecule has 0 aromatic heterocycles. The molecule has 2 heterocycles. The maximum absolute atomic E-state index is 5.38. The van der Waals surface area contributed by atoms with E-state index in [1.807, 2.05) is 6.07 Å². The van der Waals surface area contributed by atoms with Crippen molar-refractivity contribution < 1.29 is 9.47 Å². The van der Waals surface area contributed by atoms with E-state index in [0.29, 0.717) is 0 Å². The number of benzene rings is 1. The summed E-state index contributed by atoms with van der Waals surface area (Å²) in [6.07, 6.45) is 7.82. The maximum Gasteiger partial charge on any atom is 0.122 e. The normalized spacial score (nSPS) is 19.8. The molecule has 0 bridgehead atoms. The van der Waals surface area contributed by atoms with Gasteiger partial charge in [-0.05, 0) is 94.2 Å². The Labute approximate surface area is 165 Å². The van der Waals surface area contributed by atoms with Crippen LogP contribution in [0.2, 0.25) is 0 Å². The van der Waals surface area contributed by atoms with Crippen LogP contribution >= 0.6 is 12.4 Å². The number of rotatable bonds is 7. The second-order valence-electron chi connectivity index (χ2n) is 7.70. The Hall–Kier alpha value is -0.970. The Balaban J connectivity index is 0.00000243. The molecule has 0 radical (unpaired) electrons. The first-order chi connectivity index (χ1) is 12.3. The van der Waals surface area contributed by atoms with E-state index in [0.717, 1.165) is 29.8 Å². The molecular weight excluding hydrogens is 348 g/mol. The van der Waals surface area contributed by atoms with Gasteiger partial charge in [-0.2, -0.15) is 0 Å². The fourth-order valence-corrected chi connectivity index (χ4v) is 4.27. The van der Waals surface area contributed by atoms with E-state index in [-0.39, 0.29) is 12.4 Å². The molecular formula is C21H35ClN2O2. The average molecular weight is 383 g/mol. The lowest BCUT2D eigenvalue weighted by molar-refractivity contribution is 0.145. The molecule has 1 aromatic rings. The molecule has 5 heteroatoms. The molecule has 0 unspecified atom stereocenters. The first kappa shape index (κ1) is 21.3. The van der Waals surface area contributed by atoms with Crippen LogP contribution in [-0.4, -0.2) is 51.8 Å². The number of hydrogen-bond acceptors (Lipinski definition) is 4. The summed E-state index contributed by atoms with van der Waals surface area (Å²) < 4.78 is 10.8. The quantitative estimate of drug-likeness (QED) is 0.778. The maximum atomic E-state index is 5.38. The Morgan fingerprint density at radius 1 is 0.923 bits per heavy atom. The summed E-state index contributed by atoms with van der Waals surface area (Å²) in [6.45, 7) is 6.32. The van der Waals surface area contributed by atoms with E-state index in [9.17, 15) is 0 Å². The zero-order valence-electron chi connectivity index (χ0n) is 16.3. The Morgan fingerprint density at radius 3 is 2.12 bits per heavy atom. The standard InChI is InChI=1S/C21H34N2O2.ClH/c1-24-20-13-19(14-21(15-20)25-2)4-3-17-7-11-23(12-8-17)16-18-5-9-22-10-6-18;/h13-15,17-18,22H,3-12,16H2,1-2H3;1H. The number of likely N-dealkylation sites (tertiary alicyclic amines) is 1. The average Bonchev–Trinajstić information content (AvgIpc) is 2.68. The van der Waals surface area contributed by atoms with Gasteiger partial charge in [0, 0.05) is 12.6 Å². The van der Waals surface area contributed by atoms with Gasteiger partial charge in [-0.3, -0.25) is 0 Å². The number of hydrogen-bond donors (Lipinski definition) is 1. The van der Waals surface area contributed by atoms with Crippen LogP contribution in [0.3, 0.4) is 0 Å². The third-order valence-electron chi connectivity index (χ3n) is 5.93. The Kier molecular flexibility index (Phi) is 9.03. The molecule has 0 amide bonds. The molecule has 2 aliphatic heterocycles. The minimum atomic E-state index is 0. The molecule has 4 nitrogen and oxygen atoms in total. The van der Waals surface area contributed by atoms with E-state index < -0.39 is 0 Å². The highest BCUT2D eigenvalue weighted by Gasteiger charge is 2.22. The van der Waals surface area contributed by atoms with Gasteiger partial charge in [-0.15, -0.1) is 12.4 Å². The van der Waals surface area contributed by atoms with Gasteiger partial charge in [0.2, 0.25) is 0 Å². The van der Waals surface area contributed by atoms with Crippen LogP contribution in [0.25, 0.3) is 0 Å². The highest BCUT2D eigenvalue weighted by molar-refractivity contribution is 5.85. The lowest BCUT2D eigenvalue weighted by atomic mass is 9.89. The molecule has 1 N–H and O–H groups in total. The van der Waals surface area contributed by atoms with E-state index in [1.165, 1.54) is 70.4 Å². The molecule has 2 aliphatic rings. The van der Waals surface area contributed by atoms with Crippen molar-refractivity contribution in [1.29, 1.82) is 0 Å². The number of nitrogens with zero attached hydrogens (tertiary/aromatic N) is 1. The number of nitrogens with one attached hydrogen (secondary N) is 1. The number of ether oxygens (including phenoxy) is 2. The van der Waals surface area contributed by atoms with Crippen molar-refractivity contribution in [1.82, 2.24) is 10.2 Å². The van der Waals surface area contributed by atoms with Crippen molar-refractivity contribution >= 4 is 12.4 Å². The summed E-state index contributed by atoms with van der Waals surface area (Å²) in [5.41, 5.74) is 1.33. The van der Waals surface area contributed by atoms with E-state index in [4.69, 9.17) is 9.47 Å². The minimum Gasteiger partial charge on any atom is -0.497 e. The number of methoxy groups -OCH3 is 2. The predicted octanol–water partition coefficient (Wildman–Crippen LogP) is 3.77. The third-order valence-corrected chi connectivity index (χ3v) is 5.93. The third kappa shape index (κ3) is 6.33. The van der Waals surface area contributed by atoms with Gasteiger partial charge in [0.25, 0.3) is 0 Å². The summed E-state index contributed by atoms with van der Waals surface area (Å²) in [5.74, 6) is 3.57. The van der Waals surface area contributed by atoms with Gasteiger partial charge in [0.05, 0.1) is 14.2 Å². The summed E-state index contributed by atoms with van der Waals surface area (Å²) in [4.78, 5) is 2.71. The zero-order chi connectivity index (χ0) is 17.5. The largest absolute Gasteiger partial charge is 0.497 e. The molecule has 148 valence electrons. The van der Waals surface area contributed by atoms with Gasteiger partial charge in [0.1, 0.15) is 11.5 Å². The molecule has 0 spiro atoms. The number of piperidine rings is 2. The smallest absolute Gasteiger partial charge is 0.122 e. The topological polar surface area (TPSA) is 33.7 Å². The highest BCUT2D eigenvalue weighted by Crippen LogP contribution is 2.27. The zero-order valence-corrected chi connectivity index (χ0v) is 17.2. The van der Waals surface area contributed by atoms with Gasteiger partial charge in [0.15, 0.2) is 0 Å². The van der Waals surface area contributed by atoms with Crippen LogP contribution in [0.1, 0.15) is 37.7 Å². The molecule has 3 rings (SSSR count). The van der Waals surface area contributed by atoms with E-state index in [2.05, 4.69) is 22.3 Å². The highest BCUT2D eigenvalue weighted by atomic mass is 35.5. The summed E-state index contributed by atoms with van der Waals surface area (Å²) >= 11 is 0. The van der Waals surface area contributed by atoms with Crippen LogP contribution in [0, 0.1) is 11.8 Å². The Bertz CT molecular complexity index is 504. The van der Waals surface area contributed by atoms with Crippen molar-refractivity contribution in [2.45, 2.75) is 38.5 Å². The fourth-order valence-electron chi connectivity index (χ4n) is 4.27. The molecule has 2 saturated heterocycles. The van der Waals surface area contributed by atoms with Crippen molar-refractivity contribution in [3.63, 3.8) is 0 Å². The van der Waals surface area contributed by atoms with Crippen molar-refractivity contribution in [2.24, 2.45) is 11.8 Å². The minimum absolute atomic E-state index is 0. The monoisotopic (exact) mass is 382 g/mol. The van der Waals surface area contributed by atoms with Crippen LogP contribution in [-0.2, 0) is 6.42 Å². The molecule has 2 fully saturated rings. The van der Waals surface area contributed by atoms with Crippen LogP contribution in [0.4, 0.5) is 0 Å². The second-order valence-corrected chi connectivity index (χ2v) is 7.70. The van der Waals surface area contributed by atoms with Crippen molar-refractivity contribution in [2.75, 3.05) is 46.9 Å². The van der Waals surface area contributed by atoms with Crippen molar-refractivity contribution in [3.8, 4) is 11.5 Å². The van der Waals surface area contributed by atoms with Gasteiger partial charge in [-0.1, -0.05) is 0 Å². The summed E-state index contributed by atoms with van der Waals surface area (Å²) in [6, 6.07) is 6.24. The summed E-state index contributed by atoms with van der Waals surface area (Å²) in [5, 5.41) is 3.47. The fraction of sp³-hybridized carbons (Fsp3) is 0.714. The Morgan fingerprint density at radius 2 is 1.54 bits per heavy atom. The first-order valence-corrected chi connectivity index (χ1v) is 9.92. The molecule has 0 saturated carbocycles. The lowest BCUT2D eigenvalue weighted by Gasteiger charge is -2.35. The van der Waals surface area contributed by atoms with Gasteiger partial charge in [-0.25, -0.2) is 0 Å². The second kappa shape index (κ2) is 11.0. The van der Waals surface area contributed by atoms with Gasteiger partial charge < -0.3 is 19.7 Å². The van der Waals surface area contributed by atoms with Crippen LogP contribution < -0.4 is 14.8 Å². The number of aryl methyl sites for hydroxylation is 1. The van der Waals surface area contributed by atoms with Crippen molar-refractivity contribution in [3.05, 3.63) is 23.8 Å². The van der Waals surface area contributed by atoms with E-state index in [1.54, 1.807) is 14.2 Å². The van der Waals surface area contributed by atoms with E-state index >= 15 is 0 Å². The van der Waals surface area contributed by atoms with Gasteiger partial charge >= 0.3 is 0 Å². The van der Waals surface area contributed by atoms with Crippen LogP contribution in [0.5, 0.6) is 11.5 Å². The lowest BCUT2D eigenvalue weighted by Crippen LogP contribution is -2.40. The van der Waals surface area contributed by atoms with Crippen LogP contribution in [0.15, 0.2) is 18.2 Å². The molecule has 1 aromatic carbocycles. The molecule has 26 heavy (non-hydrogen) atoms. The SMILES string of the molecule is COc1cc(CCC2CCN(CC3CCNCC3)CC2)cc(OC)c1.Cl. The summed E-state index contributed by atoms with van der Waals surface area (Å²) in [7, 11) is 3.44. The first-order valence-electron chi connectivity index (χ1n) is 9.92. The number of halogens is 1. The predicted molar refractivity (Wildman–Crippen MR) is 110 cm³/mol. The molecule has 0 aliphatic carbocycles.